The topological polar surface area (TPSA) is 60.6 Å². The number of hydrogen-bond acceptors (Lipinski definition) is 3. The molecule has 2 N–H and O–H groups in total. The number of aryl methyl sites for hydroxylation is 1. The summed E-state index contributed by atoms with van der Waals surface area (Å²) in [5.41, 5.74) is 7.45. The summed E-state index contributed by atoms with van der Waals surface area (Å²) in [7, 11) is 2.19. The van der Waals surface area contributed by atoms with Crippen molar-refractivity contribution in [2.45, 2.75) is 26.7 Å². The number of likely N-dealkylation sites (tertiary alicyclic amines) is 1. The van der Waals surface area contributed by atoms with Gasteiger partial charge in [0, 0.05) is 11.1 Å². The molecule has 0 aliphatic carbocycles. The van der Waals surface area contributed by atoms with E-state index in [4.69, 9.17) is 4.98 Å². The molecule has 4 rings (SSSR count). The Hall–Kier alpha value is -3.44. The SMILES string of the molecule is C=C/C=C\C(=C/C)c1ccc2[nH]nc(-c3nc(/C(=C\C=C)C4CCN(C)CC4)c(C)[nH]3)c2c1. The second kappa shape index (κ2) is 10.0. The molecule has 170 valence electrons. The van der Waals surface area contributed by atoms with Crippen LogP contribution in [0.15, 0.2) is 67.8 Å². The first-order valence-corrected chi connectivity index (χ1v) is 11.6. The molecule has 0 bridgehead atoms. The predicted molar refractivity (Wildman–Crippen MR) is 140 cm³/mol. The van der Waals surface area contributed by atoms with Crippen LogP contribution < -0.4 is 0 Å². The molecule has 5 heteroatoms. The van der Waals surface area contributed by atoms with Crippen molar-refractivity contribution in [3.63, 3.8) is 0 Å². The fraction of sp³-hybridized carbons (Fsp3) is 0.286. The molecule has 3 heterocycles. The first-order chi connectivity index (χ1) is 16.0. The van der Waals surface area contributed by atoms with Gasteiger partial charge < -0.3 is 9.88 Å². The molecule has 1 aromatic carbocycles. The minimum absolute atomic E-state index is 0.491. The second-order valence-electron chi connectivity index (χ2n) is 8.67. The minimum atomic E-state index is 0.491. The first kappa shape index (κ1) is 22.7. The standard InChI is InChI=1S/C28H33N5/c1-6-9-11-20(8-3)22-12-13-25-24(18-22)27(32-31-25)28-29-19(4)26(30-28)23(10-7-2)21-14-16-33(5)17-15-21/h6-13,18,21H,1-2,14-17H2,3-5H3,(H,29,30)(H,31,32)/b11-9-,20-8+,23-10-. The summed E-state index contributed by atoms with van der Waals surface area (Å²) in [6, 6.07) is 6.35. The molecule has 1 aliphatic heterocycles. The predicted octanol–water partition coefficient (Wildman–Crippen LogP) is 6.32. The second-order valence-corrected chi connectivity index (χ2v) is 8.67. The Morgan fingerprint density at radius 3 is 2.67 bits per heavy atom. The van der Waals surface area contributed by atoms with E-state index in [-0.39, 0.29) is 0 Å². The highest BCUT2D eigenvalue weighted by Crippen LogP contribution is 2.35. The van der Waals surface area contributed by atoms with Crippen molar-refractivity contribution in [1.29, 1.82) is 0 Å². The highest BCUT2D eigenvalue weighted by atomic mass is 15.1. The Morgan fingerprint density at radius 1 is 1.18 bits per heavy atom. The monoisotopic (exact) mass is 439 g/mol. The third kappa shape index (κ3) is 4.69. The summed E-state index contributed by atoms with van der Waals surface area (Å²) in [6.07, 6.45) is 14.2. The number of fused-ring (bicyclic) bond motifs is 1. The van der Waals surface area contributed by atoms with E-state index in [1.165, 1.54) is 5.57 Å². The van der Waals surface area contributed by atoms with Gasteiger partial charge in [-0.1, -0.05) is 55.7 Å². The van der Waals surface area contributed by atoms with Crippen LogP contribution in [0.3, 0.4) is 0 Å². The Balaban J connectivity index is 1.74. The lowest BCUT2D eigenvalue weighted by Gasteiger charge is -2.30. The van der Waals surface area contributed by atoms with Crippen molar-refractivity contribution >= 4 is 22.0 Å². The average Bonchev–Trinajstić information content (AvgIpc) is 3.41. The molecule has 1 fully saturated rings. The van der Waals surface area contributed by atoms with E-state index in [0.717, 1.165) is 70.9 Å². The van der Waals surface area contributed by atoms with Gasteiger partial charge in [0.1, 0.15) is 5.69 Å². The molecule has 5 nitrogen and oxygen atoms in total. The van der Waals surface area contributed by atoms with E-state index in [2.05, 4.69) is 83.6 Å². The molecular formula is C28H33N5. The molecule has 0 atom stereocenters. The van der Waals surface area contributed by atoms with E-state index in [1.54, 1.807) is 6.08 Å². The number of H-pyrrole nitrogens is 2. The molecule has 1 aliphatic rings. The zero-order valence-electron chi connectivity index (χ0n) is 19.9. The molecular weight excluding hydrogens is 406 g/mol. The Morgan fingerprint density at radius 2 is 1.97 bits per heavy atom. The average molecular weight is 440 g/mol. The van der Waals surface area contributed by atoms with Crippen molar-refractivity contribution in [1.82, 2.24) is 25.1 Å². The van der Waals surface area contributed by atoms with Gasteiger partial charge in [-0.3, -0.25) is 5.10 Å². The van der Waals surface area contributed by atoms with Gasteiger partial charge in [-0.2, -0.15) is 5.10 Å². The van der Waals surface area contributed by atoms with Crippen LogP contribution in [-0.4, -0.2) is 45.2 Å². The van der Waals surface area contributed by atoms with Gasteiger partial charge in [-0.15, -0.1) is 0 Å². The quantitative estimate of drug-likeness (QED) is 0.424. The van der Waals surface area contributed by atoms with Crippen molar-refractivity contribution < 1.29 is 0 Å². The van der Waals surface area contributed by atoms with E-state index in [1.807, 2.05) is 19.1 Å². The van der Waals surface area contributed by atoms with Crippen molar-refractivity contribution in [2.24, 2.45) is 5.92 Å². The number of benzene rings is 1. The van der Waals surface area contributed by atoms with Gasteiger partial charge in [0.2, 0.25) is 0 Å². The lowest BCUT2D eigenvalue weighted by molar-refractivity contribution is 0.248. The van der Waals surface area contributed by atoms with Crippen LogP contribution in [0, 0.1) is 12.8 Å². The third-order valence-corrected chi connectivity index (χ3v) is 6.46. The fourth-order valence-electron chi connectivity index (χ4n) is 4.61. The van der Waals surface area contributed by atoms with E-state index in [9.17, 15) is 0 Å². The van der Waals surface area contributed by atoms with Gasteiger partial charge in [-0.25, -0.2) is 4.98 Å². The Bertz CT molecular complexity index is 1240. The maximum absolute atomic E-state index is 5.05. The Kier molecular flexibility index (Phi) is 6.90. The van der Waals surface area contributed by atoms with Crippen LogP contribution >= 0.6 is 0 Å². The molecule has 3 aromatic rings. The Labute approximate surface area is 196 Å². The summed E-state index contributed by atoms with van der Waals surface area (Å²) in [6.45, 7) is 14.1. The number of aromatic amines is 2. The van der Waals surface area contributed by atoms with Gasteiger partial charge >= 0.3 is 0 Å². The van der Waals surface area contributed by atoms with Gasteiger partial charge in [0.05, 0.1) is 11.2 Å². The van der Waals surface area contributed by atoms with Gasteiger partial charge in [0.15, 0.2) is 5.82 Å². The summed E-state index contributed by atoms with van der Waals surface area (Å²) in [5.74, 6) is 1.28. The van der Waals surface area contributed by atoms with Crippen LogP contribution in [0.2, 0.25) is 0 Å². The van der Waals surface area contributed by atoms with Crippen molar-refractivity contribution in [3.05, 3.63) is 84.8 Å². The summed E-state index contributed by atoms with van der Waals surface area (Å²) < 4.78 is 0. The van der Waals surface area contributed by atoms with Gasteiger partial charge in [-0.05, 0) is 81.6 Å². The van der Waals surface area contributed by atoms with Crippen molar-refractivity contribution in [3.8, 4) is 11.5 Å². The molecule has 0 unspecified atom stereocenters. The highest BCUT2D eigenvalue weighted by Gasteiger charge is 2.25. The fourth-order valence-corrected chi connectivity index (χ4v) is 4.61. The van der Waals surface area contributed by atoms with E-state index in [0.29, 0.717) is 5.92 Å². The number of nitrogens with zero attached hydrogens (tertiary/aromatic N) is 3. The highest BCUT2D eigenvalue weighted by molar-refractivity contribution is 5.94. The maximum Gasteiger partial charge on any atom is 0.159 e. The van der Waals surface area contributed by atoms with E-state index >= 15 is 0 Å². The molecule has 0 amide bonds. The first-order valence-electron chi connectivity index (χ1n) is 11.6. The van der Waals surface area contributed by atoms with E-state index < -0.39 is 0 Å². The largest absolute Gasteiger partial charge is 0.340 e. The smallest absolute Gasteiger partial charge is 0.159 e. The molecule has 0 spiro atoms. The van der Waals surface area contributed by atoms with Crippen LogP contribution in [0.5, 0.6) is 0 Å². The normalized spacial score (nSPS) is 16.7. The van der Waals surface area contributed by atoms with Crippen molar-refractivity contribution in [2.75, 3.05) is 20.1 Å². The number of piperidine rings is 1. The van der Waals surface area contributed by atoms with Crippen LogP contribution in [0.4, 0.5) is 0 Å². The zero-order chi connectivity index (χ0) is 23.4. The minimum Gasteiger partial charge on any atom is -0.340 e. The number of rotatable bonds is 7. The maximum atomic E-state index is 5.05. The summed E-state index contributed by atoms with van der Waals surface area (Å²) in [5, 5.41) is 8.83. The number of allylic oxidation sites excluding steroid dienone is 8. The lowest BCUT2D eigenvalue weighted by atomic mass is 9.86. The number of aromatic nitrogens is 4. The zero-order valence-corrected chi connectivity index (χ0v) is 19.9. The van der Waals surface area contributed by atoms with Gasteiger partial charge in [0.25, 0.3) is 0 Å². The molecule has 1 saturated heterocycles. The number of imidazole rings is 1. The summed E-state index contributed by atoms with van der Waals surface area (Å²) in [4.78, 5) is 10.9. The molecule has 0 saturated carbocycles. The van der Waals surface area contributed by atoms with Crippen LogP contribution in [0.1, 0.15) is 36.7 Å². The lowest BCUT2D eigenvalue weighted by Crippen LogP contribution is -2.30. The molecule has 0 radical (unpaired) electrons. The summed E-state index contributed by atoms with van der Waals surface area (Å²) >= 11 is 0. The number of nitrogens with one attached hydrogen (secondary N) is 2. The third-order valence-electron chi connectivity index (χ3n) is 6.46. The van der Waals surface area contributed by atoms with Crippen LogP contribution in [0.25, 0.3) is 33.6 Å². The molecule has 2 aromatic heterocycles. The number of hydrogen-bond donors (Lipinski definition) is 2. The van der Waals surface area contributed by atoms with Crippen LogP contribution in [-0.2, 0) is 0 Å². The molecule has 33 heavy (non-hydrogen) atoms.